The van der Waals surface area contributed by atoms with Gasteiger partial charge in [-0.05, 0) is 114 Å². The van der Waals surface area contributed by atoms with E-state index >= 15 is 0 Å². The highest BCUT2D eigenvalue weighted by Gasteiger charge is 2.55. The van der Waals surface area contributed by atoms with Crippen LogP contribution in [0.1, 0.15) is 60.6 Å². The summed E-state index contributed by atoms with van der Waals surface area (Å²) in [7, 11) is -28.0. The molecule has 125 heavy (non-hydrogen) atoms. The summed E-state index contributed by atoms with van der Waals surface area (Å²) in [6.07, 6.45) is 1.65. The Hall–Kier alpha value is -5.35. The molecule has 5 aromatic heterocycles. The third-order valence-electron chi connectivity index (χ3n) is 16.3. The second kappa shape index (κ2) is 43.8. The topological polar surface area (TPSA) is 422 Å². The van der Waals surface area contributed by atoms with Gasteiger partial charge in [-0.1, -0.05) is 259 Å². The fraction of sp³-hybridized carbons (Fsp3) is 0.151. The van der Waals surface area contributed by atoms with E-state index in [1.807, 2.05) is 85.8 Å². The van der Waals surface area contributed by atoms with Crippen molar-refractivity contribution in [3.63, 3.8) is 0 Å². The third kappa shape index (κ3) is 27.9. The standard InChI is InChI=1S/C17H13BrF2NO3PS.C16H12BrClF2N3O3PS.C16H13BrF2N3O3PS.C13H11BrF2NO3PS.C11H10BrF2N2O3PS2/c18-14-9-11(5-7-13(14)17(19,20)25(22,23)24)10-26-16-8-6-12-3-1-2-4-15(12)21-16;17-13-7-9(1-6-12(13)16(19,20)27(24,25)26)8-28-15-21-14(22-23-15)10-2-4-11(18)5-3-10;17-13-8-10(6-7-12(13)16(18,19)26(23,24)25)9-27-15-20-14(21-22-15)11-4-2-1-3-5-11;14-11-7-9(8-22-12-3-1-2-6-17-12)4-5-10(11)13(15,16)21(18,19)20;1-6-15-16-10(22-6)21-5-7-2-3-8(9(12)4-7)11(13,14)20(17,18)19/h1-9H,10H2,(H2,22,23,24);1-7H,8H2,(H,21,22,23)(H2,24,25,26);1-8H,9H2,(H,20,21,22)(H2,23,24,25);1-7H,8H2,(H2,18,19,20);2-4H,5H2,1H3,(H2,17,18,19). The van der Waals surface area contributed by atoms with Gasteiger partial charge in [0.25, 0.3) is 0 Å². The molecule has 12 N–H and O–H groups in total. The molecule has 0 fully saturated rings. The van der Waals surface area contributed by atoms with Crippen molar-refractivity contribution in [1.82, 2.24) is 50.5 Å². The fourth-order valence-electron chi connectivity index (χ4n) is 9.98. The summed E-state index contributed by atoms with van der Waals surface area (Å²) in [5.41, 5.74) is -18.9. The van der Waals surface area contributed by atoms with Gasteiger partial charge in [0.2, 0.25) is 10.3 Å². The van der Waals surface area contributed by atoms with Gasteiger partial charge in [-0.3, -0.25) is 33.0 Å². The molecule has 0 aliphatic rings. The zero-order chi connectivity index (χ0) is 92.1. The number of pyridine rings is 2. The first-order chi connectivity index (χ1) is 58.3. The van der Waals surface area contributed by atoms with Crippen molar-refractivity contribution >= 4 is 210 Å². The van der Waals surface area contributed by atoms with Crippen LogP contribution in [0.2, 0.25) is 5.02 Å². The van der Waals surface area contributed by atoms with E-state index in [2.05, 4.69) is 130 Å². The molecule has 52 heteroatoms. The Balaban J connectivity index is 0.000000178. The number of aryl methyl sites for hydroxylation is 1. The molecule has 13 aromatic rings. The highest BCUT2D eigenvalue weighted by molar-refractivity contribution is 9.11. The third-order valence-corrected chi connectivity index (χ3v) is 30.6. The maximum absolute atomic E-state index is 13.9. The van der Waals surface area contributed by atoms with Crippen molar-refractivity contribution in [2.45, 2.75) is 88.7 Å². The lowest BCUT2D eigenvalue weighted by Gasteiger charge is -2.19. The number of hydrogen-bond acceptors (Lipinski definition) is 19. The van der Waals surface area contributed by atoms with Crippen molar-refractivity contribution < 1.29 is 116 Å². The van der Waals surface area contributed by atoms with Gasteiger partial charge in [-0.15, -0.1) is 43.9 Å². The van der Waals surface area contributed by atoms with Crippen molar-refractivity contribution in [3.05, 3.63) is 294 Å². The number of aromatic nitrogens is 10. The van der Waals surface area contributed by atoms with Crippen LogP contribution in [0.4, 0.5) is 43.9 Å². The van der Waals surface area contributed by atoms with Gasteiger partial charge in [0, 0.05) is 107 Å². The summed E-state index contributed by atoms with van der Waals surface area (Å²) < 4.78 is 193. The number of hydrogen-bond donors (Lipinski definition) is 12. The van der Waals surface area contributed by atoms with Gasteiger partial charge in [-0.25, -0.2) is 19.9 Å². The predicted molar refractivity (Wildman–Crippen MR) is 477 cm³/mol. The molecule has 0 saturated carbocycles. The second-order valence-electron chi connectivity index (χ2n) is 25.3. The Labute approximate surface area is 775 Å². The lowest BCUT2D eigenvalue weighted by atomic mass is 10.1. The maximum Gasteiger partial charge on any atom is 0.399 e. The monoisotopic (exact) mass is 2280 g/mol. The quantitative estimate of drug-likeness (QED) is 0.0129. The van der Waals surface area contributed by atoms with Gasteiger partial charge in [-0.2, -0.15) is 43.9 Å². The van der Waals surface area contributed by atoms with Crippen LogP contribution in [-0.2, 0) is 79.9 Å². The minimum Gasteiger partial charge on any atom is -0.320 e. The zero-order valence-corrected chi connectivity index (χ0v) is 80.5. The molecule has 0 spiro atoms. The Morgan fingerprint density at radius 3 is 1.06 bits per heavy atom. The predicted octanol–water partition coefficient (Wildman–Crippen LogP) is 24.2. The summed E-state index contributed by atoms with van der Waals surface area (Å²) in [5, 5.41) is 26.7. The average Bonchev–Trinajstić information content (AvgIpc) is 1.11. The van der Waals surface area contributed by atoms with Gasteiger partial charge in [0.05, 0.1) is 15.6 Å². The summed E-state index contributed by atoms with van der Waals surface area (Å²) in [6, 6.07) is 52.7. The number of rotatable bonds is 27. The molecule has 13 rings (SSSR count). The van der Waals surface area contributed by atoms with Crippen LogP contribution >= 0.6 is 199 Å². The van der Waals surface area contributed by atoms with Gasteiger partial charge < -0.3 is 48.9 Å². The van der Waals surface area contributed by atoms with Crippen LogP contribution in [0.5, 0.6) is 0 Å². The Bertz CT molecular complexity index is 6210. The molecule has 0 atom stereocenters. The normalized spacial score (nSPS) is 12.4. The zero-order valence-electron chi connectivity index (χ0n) is 62.5. The van der Waals surface area contributed by atoms with Crippen LogP contribution in [0, 0.1) is 6.92 Å². The summed E-state index contributed by atoms with van der Waals surface area (Å²) in [5.74, 6) is 3.41. The van der Waals surface area contributed by atoms with E-state index in [0.29, 0.717) is 66.9 Å². The van der Waals surface area contributed by atoms with Crippen molar-refractivity contribution in [3.8, 4) is 22.8 Å². The minimum atomic E-state index is -5.63. The minimum absolute atomic E-state index is 0.0417. The van der Waals surface area contributed by atoms with Crippen molar-refractivity contribution in [2.75, 3.05) is 0 Å². The van der Waals surface area contributed by atoms with Crippen LogP contribution in [0.15, 0.2) is 253 Å². The molecule has 0 aliphatic carbocycles. The van der Waals surface area contributed by atoms with E-state index in [1.54, 1.807) is 36.5 Å². The number of alkyl halides is 10. The highest BCUT2D eigenvalue weighted by Crippen LogP contribution is 2.65. The van der Waals surface area contributed by atoms with Crippen LogP contribution < -0.4 is 0 Å². The van der Waals surface area contributed by atoms with E-state index < -0.39 is 94.1 Å². The Morgan fingerprint density at radius 2 is 0.712 bits per heavy atom. The summed E-state index contributed by atoms with van der Waals surface area (Å²) in [4.78, 5) is 106. The van der Waals surface area contributed by atoms with E-state index in [0.717, 1.165) is 88.5 Å². The molecule has 25 nitrogen and oxygen atoms in total. The Kier molecular flexibility index (Phi) is 36.2. The van der Waals surface area contributed by atoms with Gasteiger partial charge in [0.1, 0.15) is 5.01 Å². The lowest BCUT2D eigenvalue weighted by Crippen LogP contribution is -2.14. The second-order valence-corrected chi connectivity index (χ2v) is 44.6. The Morgan fingerprint density at radius 1 is 0.376 bits per heavy atom. The molecule has 0 radical (unpaired) electrons. The van der Waals surface area contributed by atoms with Gasteiger partial charge >= 0.3 is 66.3 Å². The number of aromatic amines is 2. The van der Waals surface area contributed by atoms with Crippen LogP contribution in [0.25, 0.3) is 33.7 Å². The smallest absolute Gasteiger partial charge is 0.320 e. The maximum atomic E-state index is 13.9. The van der Waals surface area contributed by atoms with E-state index in [9.17, 15) is 66.7 Å². The summed E-state index contributed by atoms with van der Waals surface area (Å²) >= 11 is 29.0. The first kappa shape index (κ1) is 103. The SMILES string of the molecule is Cc1nnc(SCc2ccc(C(F)(F)P(=O)(O)O)c(Br)c2)s1.O=P(O)(O)C(F)(F)c1ccc(CSc2ccc3ccccc3n2)cc1Br.O=P(O)(O)C(F)(F)c1ccc(CSc2ccccn2)cc1Br.O=P(O)(O)C(F)(F)c1ccc(CSc2n[nH]c(-c3ccc(Cl)cc3)n2)cc1Br.O=P(O)(O)C(F)(F)c1ccc(CSc2n[nH]c(-c3ccccc3)n2)cc1Br. The first-order valence-corrected chi connectivity index (χ1v) is 52.4. The molecular weight excluding hydrogens is 2230 g/mol. The number of nitrogens with zero attached hydrogens (tertiary/aromatic N) is 8. The molecule has 0 bridgehead atoms. The number of thioether (sulfide) groups is 5. The average molecular weight is 2290 g/mol. The van der Waals surface area contributed by atoms with Crippen molar-refractivity contribution in [2.24, 2.45) is 0 Å². The van der Waals surface area contributed by atoms with Gasteiger partial charge in [0.15, 0.2) is 16.0 Å². The van der Waals surface area contributed by atoms with E-state index in [-0.39, 0.29) is 22.4 Å². The molecule has 664 valence electrons. The first-order valence-electron chi connectivity index (χ1n) is 34.3. The number of benzene rings is 8. The van der Waals surface area contributed by atoms with E-state index in [1.165, 1.54) is 131 Å². The highest BCUT2D eigenvalue weighted by atomic mass is 79.9. The molecule has 0 aliphatic heterocycles. The molecule has 5 heterocycles. The number of H-pyrrole nitrogens is 2. The van der Waals surface area contributed by atoms with E-state index in [4.69, 9.17) is 60.5 Å². The molecular formula is C73H59Br5ClF10N10O15P5S6. The number of halogens is 16. The van der Waals surface area contributed by atoms with Crippen LogP contribution in [0.3, 0.4) is 0 Å². The molecule has 0 unspecified atom stereocenters. The largest absolute Gasteiger partial charge is 0.399 e. The number of fused-ring (bicyclic) bond motifs is 1. The lowest BCUT2D eigenvalue weighted by molar-refractivity contribution is 0.0557. The molecule has 8 aromatic carbocycles. The molecule has 0 amide bonds. The molecule has 0 saturated heterocycles. The summed E-state index contributed by atoms with van der Waals surface area (Å²) in [6.45, 7) is 1.83. The number of para-hydroxylation sites is 1. The van der Waals surface area contributed by atoms with Crippen LogP contribution in [-0.4, -0.2) is 99.5 Å². The number of nitrogens with one attached hydrogen (secondary N) is 2. The fourth-order valence-corrected chi connectivity index (χ4v) is 21.7. The van der Waals surface area contributed by atoms with Crippen molar-refractivity contribution in [1.29, 1.82) is 0 Å².